The predicted octanol–water partition coefficient (Wildman–Crippen LogP) is 7.24. The summed E-state index contributed by atoms with van der Waals surface area (Å²) in [7, 11) is 0. The van der Waals surface area contributed by atoms with Crippen LogP contribution in [0.15, 0.2) is 77.8 Å². The summed E-state index contributed by atoms with van der Waals surface area (Å²) in [5.74, 6) is -1.77. The van der Waals surface area contributed by atoms with E-state index in [0.717, 1.165) is 38.7 Å². The summed E-state index contributed by atoms with van der Waals surface area (Å²) in [5, 5.41) is 3.83. The van der Waals surface area contributed by atoms with E-state index < -0.39 is 29.6 Å². The quantitative estimate of drug-likeness (QED) is 0.156. The molecule has 8 nitrogen and oxygen atoms in total. The number of halogens is 2. The van der Waals surface area contributed by atoms with Crippen LogP contribution in [0.3, 0.4) is 0 Å². The van der Waals surface area contributed by atoms with Crippen LogP contribution in [-0.2, 0) is 20.9 Å². The molecule has 42 heavy (non-hydrogen) atoms. The normalized spacial score (nSPS) is 14.2. The Morgan fingerprint density at radius 3 is 2.55 bits per heavy atom. The predicted molar refractivity (Wildman–Crippen MR) is 166 cm³/mol. The van der Waals surface area contributed by atoms with Crippen molar-refractivity contribution in [3.63, 3.8) is 0 Å². The van der Waals surface area contributed by atoms with E-state index in [1.165, 1.54) is 18.2 Å². The third-order valence-electron chi connectivity index (χ3n) is 6.45. The SMILES string of the molecule is CCCOC(=O)c1cc(NC(=O)CN2C(=O)S/C(=C\c3cn(Cc4ccc(Cl)cc4)c4ccccc34)C2=O)ccc1Cl. The van der Waals surface area contributed by atoms with Crippen LogP contribution in [0.25, 0.3) is 17.0 Å². The molecule has 5 rings (SSSR count). The van der Waals surface area contributed by atoms with E-state index >= 15 is 0 Å². The van der Waals surface area contributed by atoms with Gasteiger partial charge in [-0.2, -0.15) is 0 Å². The fourth-order valence-corrected chi connectivity index (χ4v) is 5.61. The number of fused-ring (bicyclic) bond motifs is 1. The molecule has 4 aromatic rings. The van der Waals surface area contributed by atoms with E-state index in [0.29, 0.717) is 18.0 Å². The van der Waals surface area contributed by atoms with Crippen molar-refractivity contribution in [3.8, 4) is 0 Å². The molecule has 1 aliphatic heterocycles. The molecule has 0 radical (unpaired) electrons. The zero-order valence-corrected chi connectivity index (χ0v) is 24.8. The molecule has 2 heterocycles. The number of ether oxygens (including phenoxy) is 1. The lowest BCUT2D eigenvalue weighted by Gasteiger charge is -2.13. The van der Waals surface area contributed by atoms with Crippen molar-refractivity contribution in [2.24, 2.45) is 0 Å². The maximum atomic E-state index is 13.2. The Balaban J connectivity index is 1.31. The van der Waals surface area contributed by atoms with Crippen molar-refractivity contribution in [2.45, 2.75) is 19.9 Å². The lowest BCUT2D eigenvalue weighted by molar-refractivity contribution is -0.127. The number of carbonyl (C=O) groups excluding carboxylic acids is 4. The maximum absolute atomic E-state index is 13.2. The molecule has 1 N–H and O–H groups in total. The summed E-state index contributed by atoms with van der Waals surface area (Å²) in [6.07, 6.45) is 4.26. The number of hydrogen-bond acceptors (Lipinski definition) is 6. The molecule has 3 aromatic carbocycles. The first-order chi connectivity index (χ1) is 20.2. The lowest BCUT2D eigenvalue weighted by Crippen LogP contribution is -2.36. The molecule has 0 spiro atoms. The van der Waals surface area contributed by atoms with Gasteiger partial charge in [0.2, 0.25) is 5.91 Å². The van der Waals surface area contributed by atoms with Crippen molar-refractivity contribution in [3.05, 3.63) is 105 Å². The summed E-state index contributed by atoms with van der Waals surface area (Å²) in [5.41, 5.74) is 3.19. The standard InChI is InChI=1S/C31H25Cl2N3O5S/c1-2-13-41-30(39)24-15-22(11-12-25(24)33)34-28(37)18-36-29(38)27(42-31(36)40)14-20-17-35(26-6-4-3-5-23(20)26)16-19-7-9-21(32)10-8-19/h3-12,14-15,17H,2,13,16,18H2,1H3,(H,34,37)/b27-14-. The Labute approximate surface area is 256 Å². The fourth-order valence-electron chi connectivity index (χ4n) is 4.46. The van der Waals surface area contributed by atoms with Gasteiger partial charge in [0.25, 0.3) is 11.1 Å². The second kappa shape index (κ2) is 12.9. The van der Waals surface area contributed by atoms with Gasteiger partial charge in [0, 0.05) is 39.9 Å². The summed E-state index contributed by atoms with van der Waals surface area (Å²) in [4.78, 5) is 52.1. The van der Waals surface area contributed by atoms with Crippen LogP contribution < -0.4 is 5.32 Å². The minimum atomic E-state index is -0.608. The van der Waals surface area contributed by atoms with Crippen molar-refractivity contribution in [2.75, 3.05) is 18.5 Å². The smallest absolute Gasteiger partial charge is 0.339 e. The highest BCUT2D eigenvalue weighted by Gasteiger charge is 2.36. The first-order valence-electron chi connectivity index (χ1n) is 13.1. The van der Waals surface area contributed by atoms with Gasteiger partial charge in [0.15, 0.2) is 0 Å². The second-order valence-corrected chi connectivity index (χ2v) is 11.3. The molecule has 0 aliphatic carbocycles. The number of hydrogen-bond donors (Lipinski definition) is 1. The Bertz CT molecular complexity index is 1730. The van der Waals surface area contributed by atoms with Gasteiger partial charge in [0.05, 0.1) is 22.1 Å². The number of rotatable bonds is 9. The zero-order chi connectivity index (χ0) is 29.8. The van der Waals surface area contributed by atoms with E-state index in [4.69, 9.17) is 27.9 Å². The number of nitrogens with one attached hydrogen (secondary N) is 1. The average molecular weight is 623 g/mol. The summed E-state index contributed by atoms with van der Waals surface area (Å²) >= 11 is 12.9. The third kappa shape index (κ3) is 6.54. The molecule has 0 atom stereocenters. The van der Waals surface area contributed by atoms with Gasteiger partial charge < -0.3 is 14.6 Å². The Hall–Kier alpha value is -4.05. The van der Waals surface area contributed by atoms with Crippen molar-refractivity contribution in [1.29, 1.82) is 0 Å². The number of imide groups is 1. The van der Waals surface area contributed by atoms with Crippen LogP contribution >= 0.6 is 35.0 Å². The molecule has 1 aromatic heterocycles. The van der Waals surface area contributed by atoms with E-state index in [1.807, 2.05) is 61.7 Å². The number of thioether (sulfide) groups is 1. The van der Waals surface area contributed by atoms with Crippen LogP contribution in [0.4, 0.5) is 10.5 Å². The zero-order valence-electron chi connectivity index (χ0n) is 22.4. The number of aromatic nitrogens is 1. The number of anilines is 1. The van der Waals surface area contributed by atoms with Gasteiger partial charge in [0.1, 0.15) is 6.54 Å². The first kappa shape index (κ1) is 29.4. The number of para-hydroxylation sites is 1. The first-order valence-corrected chi connectivity index (χ1v) is 14.6. The maximum Gasteiger partial charge on any atom is 0.339 e. The van der Waals surface area contributed by atoms with E-state index in [9.17, 15) is 19.2 Å². The summed E-state index contributed by atoms with van der Waals surface area (Å²) in [6.45, 7) is 2.21. The third-order valence-corrected chi connectivity index (χ3v) is 7.94. The Morgan fingerprint density at radius 2 is 1.79 bits per heavy atom. The summed E-state index contributed by atoms with van der Waals surface area (Å²) in [6, 6.07) is 19.8. The molecule has 0 bridgehead atoms. The largest absolute Gasteiger partial charge is 0.462 e. The van der Waals surface area contributed by atoms with Gasteiger partial charge >= 0.3 is 5.97 Å². The van der Waals surface area contributed by atoms with E-state index in [2.05, 4.69) is 9.88 Å². The molecule has 0 unspecified atom stereocenters. The van der Waals surface area contributed by atoms with Gasteiger partial charge in [-0.1, -0.05) is 60.5 Å². The van der Waals surface area contributed by atoms with Crippen LogP contribution in [0.1, 0.15) is 34.8 Å². The molecule has 3 amide bonds. The lowest BCUT2D eigenvalue weighted by atomic mass is 10.1. The minimum absolute atomic E-state index is 0.104. The molecule has 1 saturated heterocycles. The number of esters is 1. The van der Waals surface area contributed by atoms with Gasteiger partial charge in [-0.05, 0) is 66.2 Å². The Morgan fingerprint density at radius 1 is 1.02 bits per heavy atom. The highest BCUT2D eigenvalue weighted by molar-refractivity contribution is 8.18. The van der Waals surface area contributed by atoms with Crippen LogP contribution in [0, 0.1) is 0 Å². The minimum Gasteiger partial charge on any atom is -0.462 e. The number of nitrogens with zero attached hydrogens (tertiary/aromatic N) is 2. The molecule has 214 valence electrons. The fraction of sp³-hybridized carbons (Fsp3) is 0.161. The molecule has 11 heteroatoms. The average Bonchev–Trinajstić information content (AvgIpc) is 3.45. The van der Waals surface area contributed by atoms with Crippen LogP contribution in [-0.4, -0.2) is 45.6 Å². The monoisotopic (exact) mass is 621 g/mol. The molecule has 1 aliphatic rings. The van der Waals surface area contributed by atoms with Crippen LogP contribution in [0.2, 0.25) is 10.0 Å². The van der Waals surface area contributed by atoms with E-state index in [-0.39, 0.29) is 27.8 Å². The molecule has 1 fully saturated rings. The number of benzene rings is 3. The van der Waals surface area contributed by atoms with E-state index in [1.54, 1.807) is 6.08 Å². The van der Waals surface area contributed by atoms with Crippen molar-refractivity contribution < 1.29 is 23.9 Å². The van der Waals surface area contributed by atoms with Crippen molar-refractivity contribution >= 4 is 80.7 Å². The summed E-state index contributed by atoms with van der Waals surface area (Å²) < 4.78 is 7.20. The van der Waals surface area contributed by atoms with Gasteiger partial charge in [-0.3, -0.25) is 19.3 Å². The topological polar surface area (TPSA) is 97.7 Å². The molecular formula is C31H25Cl2N3O5S. The second-order valence-electron chi connectivity index (χ2n) is 9.50. The van der Waals surface area contributed by atoms with Gasteiger partial charge in [-0.15, -0.1) is 0 Å². The van der Waals surface area contributed by atoms with Crippen LogP contribution in [0.5, 0.6) is 0 Å². The number of amides is 3. The number of carbonyl (C=O) groups is 4. The van der Waals surface area contributed by atoms with Crippen molar-refractivity contribution in [1.82, 2.24) is 9.47 Å². The van der Waals surface area contributed by atoms with Gasteiger partial charge in [-0.25, -0.2) is 4.79 Å². The highest BCUT2D eigenvalue weighted by atomic mass is 35.5. The Kier molecular flexibility index (Phi) is 9.01. The molecule has 0 saturated carbocycles. The molecular weight excluding hydrogens is 597 g/mol. The highest BCUT2D eigenvalue weighted by Crippen LogP contribution is 2.34.